The van der Waals surface area contributed by atoms with Gasteiger partial charge in [-0.3, -0.25) is 0 Å². The smallest absolute Gasteiger partial charge is 0.418 e. The molecule has 0 fully saturated rings. The standard InChI is InChI=1S/C27H35F3N2O5/c1-4-19(5-2)18-32(26(35)31-23-10-8-7-9-22(23)27(28,29)30)15-16-37-21-13-11-20(12-14-21)17-24(25(33)34)36-6-3/h7-14,19,24H,4-6,15-18H2,1-3H3,(H,31,35)(H,33,34). The number of benzene rings is 2. The number of para-hydroxylation sites is 1. The predicted molar refractivity (Wildman–Crippen MR) is 135 cm³/mol. The topological polar surface area (TPSA) is 88.1 Å². The van der Waals surface area contributed by atoms with E-state index in [1.54, 1.807) is 31.2 Å². The van der Waals surface area contributed by atoms with E-state index in [9.17, 15) is 27.9 Å². The van der Waals surface area contributed by atoms with Crippen LogP contribution >= 0.6 is 0 Å². The summed E-state index contributed by atoms with van der Waals surface area (Å²) in [6.45, 7) is 6.71. The number of aliphatic carboxylic acids is 1. The number of hydrogen-bond donors (Lipinski definition) is 2. The van der Waals surface area contributed by atoms with Crippen molar-refractivity contribution >= 4 is 17.7 Å². The number of amides is 2. The third-order valence-electron chi connectivity index (χ3n) is 6.01. The number of carboxylic acid groups (broad SMARTS) is 1. The minimum atomic E-state index is -4.59. The summed E-state index contributed by atoms with van der Waals surface area (Å²) >= 11 is 0. The fraction of sp³-hybridized carbons (Fsp3) is 0.481. The lowest BCUT2D eigenvalue weighted by atomic mass is 10.0. The normalized spacial score (nSPS) is 12.3. The summed E-state index contributed by atoms with van der Waals surface area (Å²) in [5, 5.41) is 11.7. The maximum atomic E-state index is 13.4. The van der Waals surface area contributed by atoms with Crippen LogP contribution < -0.4 is 10.1 Å². The zero-order valence-electron chi connectivity index (χ0n) is 21.4. The highest BCUT2D eigenvalue weighted by atomic mass is 19.4. The fourth-order valence-electron chi connectivity index (χ4n) is 3.80. The number of carbonyl (C=O) groups excluding carboxylic acids is 1. The van der Waals surface area contributed by atoms with E-state index in [-0.39, 0.29) is 31.2 Å². The first kappa shape index (κ1) is 30.0. The zero-order chi connectivity index (χ0) is 27.4. The van der Waals surface area contributed by atoms with E-state index in [1.165, 1.54) is 23.1 Å². The Morgan fingerprint density at radius 2 is 1.68 bits per heavy atom. The highest BCUT2D eigenvalue weighted by molar-refractivity contribution is 5.90. The summed E-state index contributed by atoms with van der Waals surface area (Å²) in [5.41, 5.74) is -0.430. The molecule has 1 atom stereocenters. The van der Waals surface area contributed by atoms with Crippen LogP contribution in [0.25, 0.3) is 0 Å². The predicted octanol–water partition coefficient (Wildman–Crippen LogP) is 6.09. The van der Waals surface area contributed by atoms with Crippen LogP contribution in [0.5, 0.6) is 5.75 Å². The first-order valence-corrected chi connectivity index (χ1v) is 12.4. The van der Waals surface area contributed by atoms with Gasteiger partial charge in [-0.2, -0.15) is 13.2 Å². The molecule has 37 heavy (non-hydrogen) atoms. The van der Waals surface area contributed by atoms with E-state index in [0.29, 0.717) is 18.9 Å². The average Bonchev–Trinajstić information content (AvgIpc) is 2.86. The minimum Gasteiger partial charge on any atom is -0.492 e. The molecule has 0 saturated carbocycles. The number of alkyl halides is 3. The van der Waals surface area contributed by atoms with Gasteiger partial charge in [0.25, 0.3) is 0 Å². The lowest BCUT2D eigenvalue weighted by molar-refractivity contribution is -0.150. The number of anilines is 1. The quantitative estimate of drug-likeness (QED) is 0.312. The van der Waals surface area contributed by atoms with Gasteiger partial charge < -0.3 is 24.8 Å². The second-order valence-corrected chi connectivity index (χ2v) is 8.58. The number of carbonyl (C=O) groups is 2. The van der Waals surface area contributed by atoms with E-state index in [0.717, 1.165) is 24.5 Å². The molecule has 2 rings (SSSR count). The molecule has 0 heterocycles. The Balaban J connectivity index is 2.04. The molecule has 2 N–H and O–H groups in total. The van der Waals surface area contributed by atoms with Gasteiger partial charge in [0.05, 0.1) is 17.8 Å². The molecule has 0 spiro atoms. The van der Waals surface area contributed by atoms with Crippen LogP contribution in [0.3, 0.4) is 0 Å². The summed E-state index contributed by atoms with van der Waals surface area (Å²) < 4.78 is 51.1. The molecule has 204 valence electrons. The van der Waals surface area contributed by atoms with Crippen LogP contribution in [0.15, 0.2) is 48.5 Å². The molecule has 1 unspecified atom stereocenters. The molecule has 2 amide bonds. The molecule has 7 nitrogen and oxygen atoms in total. The summed E-state index contributed by atoms with van der Waals surface area (Å²) in [5.74, 6) is -0.316. The number of urea groups is 1. The van der Waals surface area contributed by atoms with Crippen molar-refractivity contribution in [2.45, 2.75) is 52.3 Å². The summed E-state index contributed by atoms with van der Waals surface area (Å²) in [6.07, 6.45) is -3.67. The number of nitrogens with one attached hydrogen (secondary N) is 1. The van der Waals surface area contributed by atoms with Gasteiger partial charge in [-0.15, -0.1) is 0 Å². The van der Waals surface area contributed by atoms with Gasteiger partial charge in [0, 0.05) is 19.6 Å². The molecule has 10 heteroatoms. The van der Waals surface area contributed by atoms with Gasteiger partial charge in [-0.25, -0.2) is 9.59 Å². The zero-order valence-corrected chi connectivity index (χ0v) is 21.4. The molecule has 2 aromatic carbocycles. The van der Waals surface area contributed by atoms with Gasteiger partial charge in [-0.05, 0) is 42.7 Å². The Labute approximate surface area is 215 Å². The summed E-state index contributed by atoms with van der Waals surface area (Å²) in [4.78, 5) is 25.7. The molecule has 0 aliphatic carbocycles. The molecular formula is C27H35F3N2O5. The van der Waals surface area contributed by atoms with Crippen LogP contribution in [0.4, 0.5) is 23.7 Å². The van der Waals surface area contributed by atoms with Crippen molar-refractivity contribution in [3.05, 3.63) is 59.7 Å². The molecule has 0 saturated heterocycles. The van der Waals surface area contributed by atoms with Gasteiger partial charge in [0.2, 0.25) is 0 Å². The number of carboxylic acids is 1. The molecular weight excluding hydrogens is 489 g/mol. The average molecular weight is 525 g/mol. The van der Waals surface area contributed by atoms with E-state index >= 15 is 0 Å². The lowest BCUT2D eigenvalue weighted by Gasteiger charge is -2.27. The highest BCUT2D eigenvalue weighted by Crippen LogP contribution is 2.34. The SMILES string of the molecule is CCOC(Cc1ccc(OCCN(CC(CC)CC)C(=O)Nc2ccccc2C(F)(F)F)cc1)C(=O)O. The van der Waals surface area contributed by atoms with E-state index < -0.39 is 29.8 Å². The van der Waals surface area contributed by atoms with E-state index in [1.807, 2.05) is 13.8 Å². The first-order valence-electron chi connectivity index (χ1n) is 12.4. The molecule has 0 bridgehead atoms. The van der Waals surface area contributed by atoms with Crippen LogP contribution in [-0.4, -0.2) is 54.4 Å². The van der Waals surface area contributed by atoms with Crippen molar-refractivity contribution < 1.29 is 37.3 Å². The summed E-state index contributed by atoms with van der Waals surface area (Å²) in [7, 11) is 0. The maximum absolute atomic E-state index is 13.4. The maximum Gasteiger partial charge on any atom is 0.418 e. The molecule has 0 aliphatic rings. The first-order chi connectivity index (χ1) is 17.6. The highest BCUT2D eigenvalue weighted by Gasteiger charge is 2.34. The van der Waals surface area contributed by atoms with Crippen molar-refractivity contribution in [2.24, 2.45) is 5.92 Å². The Morgan fingerprint density at radius 1 is 1.03 bits per heavy atom. The second kappa shape index (κ2) is 14.5. The molecule has 0 aromatic heterocycles. The number of ether oxygens (including phenoxy) is 2. The number of halogens is 3. The van der Waals surface area contributed by atoms with Crippen molar-refractivity contribution in [1.82, 2.24) is 4.90 Å². The minimum absolute atomic E-state index is 0.129. The van der Waals surface area contributed by atoms with Gasteiger partial charge >= 0.3 is 18.2 Å². The van der Waals surface area contributed by atoms with Crippen molar-refractivity contribution in [2.75, 3.05) is 31.6 Å². The van der Waals surface area contributed by atoms with Crippen LogP contribution in [0.1, 0.15) is 44.7 Å². The Kier molecular flexibility index (Phi) is 11.7. The fourth-order valence-corrected chi connectivity index (χ4v) is 3.80. The van der Waals surface area contributed by atoms with Crippen molar-refractivity contribution in [3.8, 4) is 5.75 Å². The third-order valence-corrected chi connectivity index (χ3v) is 6.01. The van der Waals surface area contributed by atoms with Crippen molar-refractivity contribution in [3.63, 3.8) is 0 Å². The van der Waals surface area contributed by atoms with E-state index in [2.05, 4.69) is 5.32 Å². The van der Waals surface area contributed by atoms with Crippen LogP contribution in [-0.2, 0) is 22.1 Å². The van der Waals surface area contributed by atoms with Crippen molar-refractivity contribution in [1.29, 1.82) is 0 Å². The molecule has 0 aliphatic heterocycles. The lowest BCUT2D eigenvalue weighted by Crippen LogP contribution is -2.41. The Bertz CT molecular complexity index is 994. The number of rotatable bonds is 14. The molecule has 0 radical (unpaired) electrons. The van der Waals surface area contributed by atoms with Gasteiger partial charge in [0.1, 0.15) is 12.4 Å². The molecule has 2 aromatic rings. The van der Waals surface area contributed by atoms with Crippen LogP contribution in [0, 0.1) is 5.92 Å². The third kappa shape index (κ3) is 9.60. The van der Waals surface area contributed by atoms with E-state index in [4.69, 9.17) is 9.47 Å². The van der Waals surface area contributed by atoms with Crippen LogP contribution in [0.2, 0.25) is 0 Å². The van der Waals surface area contributed by atoms with Gasteiger partial charge in [0.15, 0.2) is 6.10 Å². The van der Waals surface area contributed by atoms with Gasteiger partial charge in [-0.1, -0.05) is 51.0 Å². The second-order valence-electron chi connectivity index (χ2n) is 8.58. The Morgan fingerprint density at radius 3 is 2.24 bits per heavy atom. The Hall–Kier alpha value is -3.27. The number of hydrogen-bond acceptors (Lipinski definition) is 4. The summed E-state index contributed by atoms with van der Waals surface area (Å²) in [6, 6.07) is 11.1. The largest absolute Gasteiger partial charge is 0.492 e. The number of nitrogens with zero attached hydrogens (tertiary/aromatic N) is 1. The monoisotopic (exact) mass is 524 g/mol.